The van der Waals surface area contributed by atoms with E-state index in [9.17, 15) is 0 Å². The number of hydrogen-bond donors (Lipinski definition) is 0. The van der Waals surface area contributed by atoms with Gasteiger partial charge in [0, 0.05) is 5.56 Å². The van der Waals surface area contributed by atoms with Crippen molar-refractivity contribution in [2.45, 2.75) is 6.61 Å². The normalized spacial score (nSPS) is 10.7. The van der Waals surface area contributed by atoms with E-state index in [-0.39, 0.29) is 0 Å². The van der Waals surface area contributed by atoms with E-state index >= 15 is 0 Å². The van der Waals surface area contributed by atoms with Crippen LogP contribution in [0.2, 0.25) is 0 Å². The summed E-state index contributed by atoms with van der Waals surface area (Å²) in [5, 5.41) is 3.95. The molecule has 0 heterocycles. The molecule has 0 aromatic heterocycles. The molecule has 0 amide bonds. The molecule has 119 valence electrons. The lowest BCUT2D eigenvalue weighted by atomic mass is 10.0. The van der Waals surface area contributed by atoms with Crippen molar-refractivity contribution in [1.29, 1.82) is 0 Å². The van der Waals surface area contributed by atoms with Crippen LogP contribution in [0.15, 0.2) is 84.0 Å². The maximum atomic E-state index is 5.44. The summed E-state index contributed by atoms with van der Waals surface area (Å²) < 4.78 is 5.26. The van der Waals surface area contributed by atoms with Crippen LogP contribution in [0, 0.1) is 0 Å². The molecule has 0 aliphatic rings. The second kappa shape index (κ2) is 7.97. The maximum absolute atomic E-state index is 5.44. The van der Waals surface area contributed by atoms with Crippen LogP contribution in [0.3, 0.4) is 0 Å². The van der Waals surface area contributed by atoms with E-state index in [0.717, 1.165) is 28.0 Å². The minimum absolute atomic E-state index is 0.382. The molecule has 3 heteroatoms. The van der Waals surface area contributed by atoms with Crippen LogP contribution < -0.4 is 4.74 Å². The third-order valence-electron chi connectivity index (χ3n) is 3.66. The molecule has 3 aromatic rings. The minimum Gasteiger partial charge on any atom is -0.496 e. The lowest BCUT2D eigenvalue weighted by Gasteiger charge is -2.08. The number of benzene rings is 3. The molecular formula is C21H18NO2. The maximum Gasteiger partial charge on any atom is 0.143 e. The molecule has 0 unspecified atom stereocenters. The Hall–Kier alpha value is -3.07. The summed E-state index contributed by atoms with van der Waals surface area (Å²) in [5.41, 5.74) is 4.14. The summed E-state index contributed by atoms with van der Waals surface area (Å²) >= 11 is 0. The number of ether oxygens (including phenoxy) is 1. The van der Waals surface area contributed by atoms with Gasteiger partial charge in [-0.25, -0.2) is 0 Å². The molecule has 24 heavy (non-hydrogen) atoms. The molecular weight excluding hydrogens is 298 g/mol. The van der Waals surface area contributed by atoms with Gasteiger partial charge in [0.2, 0.25) is 0 Å². The molecule has 0 spiro atoms. The molecule has 0 fully saturated rings. The van der Waals surface area contributed by atoms with Gasteiger partial charge < -0.3 is 9.57 Å². The Kier molecular flexibility index (Phi) is 5.25. The van der Waals surface area contributed by atoms with Gasteiger partial charge in [0.25, 0.3) is 0 Å². The first-order valence-corrected chi connectivity index (χ1v) is 7.73. The fourth-order valence-electron chi connectivity index (χ4n) is 2.47. The zero-order valence-electron chi connectivity index (χ0n) is 13.5. The first kappa shape index (κ1) is 15.8. The number of rotatable bonds is 6. The monoisotopic (exact) mass is 316 g/mol. The van der Waals surface area contributed by atoms with E-state index in [1.54, 1.807) is 7.11 Å². The Labute approximate surface area is 142 Å². The molecule has 0 bridgehead atoms. The number of nitrogens with zero attached hydrogens (tertiary/aromatic N) is 1. The van der Waals surface area contributed by atoms with Crippen molar-refractivity contribution in [3.05, 3.63) is 90.0 Å². The van der Waals surface area contributed by atoms with Gasteiger partial charge >= 0.3 is 0 Å². The molecule has 1 radical (unpaired) electrons. The molecule has 0 aliphatic carbocycles. The van der Waals surface area contributed by atoms with Gasteiger partial charge in [0.15, 0.2) is 0 Å². The summed E-state index contributed by atoms with van der Waals surface area (Å²) in [6, 6.07) is 25.9. The molecule has 3 nitrogen and oxygen atoms in total. The van der Waals surface area contributed by atoms with Crippen molar-refractivity contribution in [3.63, 3.8) is 0 Å². The summed E-state index contributed by atoms with van der Waals surface area (Å²) in [6.45, 7) is 0.382. The lowest BCUT2D eigenvalue weighted by Crippen LogP contribution is -1.93. The minimum atomic E-state index is 0.382. The average molecular weight is 316 g/mol. The molecule has 3 aromatic carbocycles. The summed E-state index contributed by atoms with van der Waals surface area (Å²) in [6.07, 6.45) is 2.87. The van der Waals surface area contributed by atoms with Gasteiger partial charge in [-0.05, 0) is 28.8 Å². The summed E-state index contributed by atoms with van der Waals surface area (Å²) in [5.74, 6) is 0.717. The van der Waals surface area contributed by atoms with Crippen molar-refractivity contribution in [3.8, 4) is 16.9 Å². The van der Waals surface area contributed by atoms with Crippen LogP contribution in [0.4, 0.5) is 0 Å². The predicted octanol–water partition coefficient (Wildman–Crippen LogP) is 4.79. The number of methoxy groups -OCH3 is 1. The van der Waals surface area contributed by atoms with Crippen molar-refractivity contribution in [2.24, 2.45) is 5.16 Å². The predicted molar refractivity (Wildman–Crippen MR) is 96.2 cm³/mol. The Balaban J connectivity index is 1.71. The van der Waals surface area contributed by atoms with Crippen molar-refractivity contribution < 1.29 is 9.57 Å². The number of para-hydroxylation sites is 1. The fourth-order valence-corrected chi connectivity index (χ4v) is 2.47. The van der Waals surface area contributed by atoms with Gasteiger partial charge in [-0.2, -0.15) is 0 Å². The first-order valence-electron chi connectivity index (χ1n) is 7.73. The van der Waals surface area contributed by atoms with Crippen molar-refractivity contribution >= 4 is 6.21 Å². The fraction of sp³-hybridized carbons (Fsp3) is 0.0952. The highest BCUT2D eigenvalue weighted by Crippen LogP contribution is 2.24. The van der Waals surface area contributed by atoms with Crippen LogP contribution in [-0.4, -0.2) is 13.3 Å². The summed E-state index contributed by atoms with van der Waals surface area (Å²) in [7, 11) is 1.62. The van der Waals surface area contributed by atoms with Gasteiger partial charge in [0.1, 0.15) is 18.6 Å². The van der Waals surface area contributed by atoms with E-state index in [4.69, 9.17) is 9.57 Å². The topological polar surface area (TPSA) is 30.8 Å². The van der Waals surface area contributed by atoms with E-state index in [1.165, 1.54) is 0 Å². The van der Waals surface area contributed by atoms with Crippen LogP contribution >= 0.6 is 0 Å². The molecule has 0 saturated carbocycles. The quantitative estimate of drug-likeness (QED) is 0.483. The van der Waals surface area contributed by atoms with Crippen LogP contribution in [0.25, 0.3) is 11.1 Å². The van der Waals surface area contributed by atoms with E-state index in [1.807, 2.05) is 60.7 Å². The molecule has 0 aliphatic heterocycles. The van der Waals surface area contributed by atoms with Gasteiger partial charge in [-0.1, -0.05) is 71.9 Å². The smallest absolute Gasteiger partial charge is 0.143 e. The van der Waals surface area contributed by atoms with Crippen molar-refractivity contribution in [2.75, 3.05) is 7.11 Å². The van der Waals surface area contributed by atoms with Gasteiger partial charge in [-0.15, -0.1) is 0 Å². The first-order chi connectivity index (χ1) is 11.9. The highest BCUT2D eigenvalue weighted by molar-refractivity contribution is 5.83. The van der Waals surface area contributed by atoms with E-state index in [0.29, 0.717) is 6.61 Å². The Bertz CT molecular complexity index is 813. The third-order valence-corrected chi connectivity index (χ3v) is 3.66. The molecule has 3 rings (SSSR count). The van der Waals surface area contributed by atoms with Crippen LogP contribution in [-0.2, 0) is 11.4 Å². The largest absolute Gasteiger partial charge is 0.496 e. The van der Waals surface area contributed by atoms with Gasteiger partial charge in [-0.3, -0.25) is 0 Å². The van der Waals surface area contributed by atoms with E-state index < -0.39 is 0 Å². The SMILES string of the molecule is COc1ccccc1/[C]=N/OCc1ccccc1-c1ccccc1. The Morgan fingerprint density at radius 2 is 1.54 bits per heavy atom. The Morgan fingerprint density at radius 3 is 2.38 bits per heavy atom. The highest BCUT2D eigenvalue weighted by atomic mass is 16.6. The molecule has 0 atom stereocenters. The highest BCUT2D eigenvalue weighted by Gasteiger charge is 2.04. The van der Waals surface area contributed by atoms with Crippen LogP contribution in [0.5, 0.6) is 5.75 Å². The van der Waals surface area contributed by atoms with Crippen molar-refractivity contribution in [1.82, 2.24) is 0 Å². The standard InChI is InChI=1S/C21H18NO2/c1-23-21-14-8-6-11-18(21)15-22-24-16-19-12-5-7-13-20(19)17-9-3-2-4-10-17/h2-14H,16H2,1H3. The number of hydrogen-bond acceptors (Lipinski definition) is 3. The van der Waals surface area contributed by atoms with Gasteiger partial charge in [0.05, 0.1) is 7.11 Å². The second-order valence-corrected chi connectivity index (χ2v) is 5.20. The second-order valence-electron chi connectivity index (χ2n) is 5.20. The Morgan fingerprint density at radius 1 is 0.833 bits per heavy atom. The average Bonchev–Trinajstić information content (AvgIpc) is 2.66. The zero-order chi connectivity index (χ0) is 16.6. The molecule has 0 saturated heterocycles. The lowest BCUT2D eigenvalue weighted by molar-refractivity contribution is 0.132. The summed E-state index contributed by atoms with van der Waals surface area (Å²) in [4.78, 5) is 5.44. The molecule has 0 N–H and O–H groups in total. The third kappa shape index (κ3) is 3.82. The van der Waals surface area contributed by atoms with E-state index in [2.05, 4.69) is 29.6 Å². The van der Waals surface area contributed by atoms with Crippen LogP contribution in [0.1, 0.15) is 11.1 Å². The zero-order valence-corrected chi connectivity index (χ0v) is 13.5.